The van der Waals surface area contributed by atoms with Crippen molar-refractivity contribution in [3.63, 3.8) is 0 Å². The molecule has 1 aliphatic heterocycles. The Bertz CT molecular complexity index is 221. The van der Waals surface area contributed by atoms with Crippen LogP contribution in [0.5, 0.6) is 0 Å². The molecule has 106 valence electrons. The highest BCUT2D eigenvalue weighted by Gasteiger charge is 2.33. The highest BCUT2D eigenvalue weighted by atomic mass is 32.2. The molecule has 0 aromatic heterocycles. The first-order chi connectivity index (χ1) is 8.85. The molecular weight excluding hydrogens is 258 g/mol. The topological polar surface area (TPSA) is 12.0 Å². The Morgan fingerprint density at radius 3 is 2.44 bits per heavy atom. The van der Waals surface area contributed by atoms with Gasteiger partial charge in [-0.2, -0.15) is 23.5 Å². The van der Waals surface area contributed by atoms with Gasteiger partial charge >= 0.3 is 0 Å². The lowest BCUT2D eigenvalue weighted by Crippen LogP contribution is -2.47. The summed E-state index contributed by atoms with van der Waals surface area (Å²) in [5.41, 5.74) is 0. The molecule has 2 atom stereocenters. The summed E-state index contributed by atoms with van der Waals surface area (Å²) in [5, 5.41) is 4.69. The normalized spacial score (nSPS) is 35.3. The largest absolute Gasteiger partial charge is 0.313 e. The molecule has 2 rings (SSSR count). The van der Waals surface area contributed by atoms with Crippen molar-refractivity contribution in [1.82, 2.24) is 5.32 Å². The standard InChI is InChI=1S/C15H29NS2/c1-3-12-5-7-13(8-6-12)15(16-4-2)14-11-17-9-10-18-14/h12-16H,3-11H2,1-2H3. The van der Waals surface area contributed by atoms with E-state index < -0.39 is 0 Å². The van der Waals surface area contributed by atoms with Gasteiger partial charge in [-0.1, -0.05) is 33.1 Å². The molecule has 2 aliphatic rings. The smallest absolute Gasteiger partial charge is 0.0294 e. The first kappa shape index (κ1) is 15.1. The summed E-state index contributed by atoms with van der Waals surface area (Å²) < 4.78 is 0. The summed E-state index contributed by atoms with van der Waals surface area (Å²) in [4.78, 5) is 0. The molecule has 1 saturated carbocycles. The molecule has 2 unspecified atom stereocenters. The molecule has 3 heteroatoms. The predicted octanol–water partition coefficient (Wildman–Crippen LogP) is 4.03. The maximum absolute atomic E-state index is 3.82. The maximum Gasteiger partial charge on any atom is 0.0294 e. The highest BCUT2D eigenvalue weighted by molar-refractivity contribution is 8.06. The molecule has 1 saturated heterocycles. The van der Waals surface area contributed by atoms with Crippen molar-refractivity contribution in [3.8, 4) is 0 Å². The Morgan fingerprint density at radius 2 is 1.89 bits per heavy atom. The SMILES string of the molecule is CCNC(C1CCC(CC)CC1)C1CSCCS1. The lowest BCUT2D eigenvalue weighted by atomic mass is 9.77. The van der Waals surface area contributed by atoms with Gasteiger partial charge in [0.15, 0.2) is 0 Å². The lowest BCUT2D eigenvalue weighted by Gasteiger charge is -2.39. The van der Waals surface area contributed by atoms with Crippen molar-refractivity contribution < 1.29 is 0 Å². The molecule has 1 nitrogen and oxygen atoms in total. The highest BCUT2D eigenvalue weighted by Crippen LogP contribution is 2.37. The minimum absolute atomic E-state index is 0.783. The van der Waals surface area contributed by atoms with E-state index in [0.29, 0.717) is 0 Å². The average molecular weight is 288 g/mol. The van der Waals surface area contributed by atoms with Crippen LogP contribution in [0.25, 0.3) is 0 Å². The molecule has 1 heterocycles. The fourth-order valence-electron chi connectivity index (χ4n) is 3.51. The summed E-state index contributed by atoms with van der Waals surface area (Å²) in [6.07, 6.45) is 7.30. The van der Waals surface area contributed by atoms with Crippen LogP contribution in [0.2, 0.25) is 0 Å². The fraction of sp³-hybridized carbons (Fsp3) is 1.00. The van der Waals surface area contributed by atoms with Crippen molar-refractivity contribution in [2.75, 3.05) is 23.8 Å². The Balaban J connectivity index is 1.88. The summed E-state index contributed by atoms with van der Waals surface area (Å²) in [6, 6.07) is 0.783. The third kappa shape index (κ3) is 4.08. The second kappa shape index (κ2) is 8.06. The van der Waals surface area contributed by atoms with Gasteiger partial charge in [0.25, 0.3) is 0 Å². The van der Waals surface area contributed by atoms with Crippen LogP contribution in [0, 0.1) is 11.8 Å². The van der Waals surface area contributed by atoms with Crippen LogP contribution in [-0.4, -0.2) is 35.1 Å². The third-order valence-electron chi connectivity index (χ3n) is 4.66. The molecule has 2 fully saturated rings. The fourth-order valence-corrected chi connectivity index (χ4v) is 6.47. The van der Waals surface area contributed by atoms with Gasteiger partial charge < -0.3 is 5.32 Å². The minimum Gasteiger partial charge on any atom is -0.313 e. The van der Waals surface area contributed by atoms with E-state index in [4.69, 9.17) is 0 Å². The van der Waals surface area contributed by atoms with E-state index in [1.54, 1.807) is 0 Å². The Kier molecular flexibility index (Phi) is 6.74. The van der Waals surface area contributed by atoms with Gasteiger partial charge in [0.05, 0.1) is 0 Å². The number of rotatable bonds is 5. The molecule has 1 N–H and O–H groups in total. The number of nitrogens with one attached hydrogen (secondary N) is 1. The van der Waals surface area contributed by atoms with Crippen LogP contribution in [-0.2, 0) is 0 Å². The summed E-state index contributed by atoms with van der Waals surface area (Å²) >= 11 is 4.39. The zero-order valence-electron chi connectivity index (χ0n) is 12.0. The van der Waals surface area contributed by atoms with Crippen LogP contribution in [0.4, 0.5) is 0 Å². The van der Waals surface area contributed by atoms with Gasteiger partial charge in [-0.05, 0) is 31.2 Å². The molecule has 0 spiro atoms. The Hall–Kier alpha value is 0.660. The lowest BCUT2D eigenvalue weighted by molar-refractivity contribution is 0.219. The zero-order valence-corrected chi connectivity index (χ0v) is 13.6. The van der Waals surface area contributed by atoms with Crippen molar-refractivity contribution in [2.45, 2.75) is 57.2 Å². The molecule has 1 aliphatic carbocycles. The summed E-state index contributed by atoms with van der Waals surface area (Å²) in [5.74, 6) is 6.07. The van der Waals surface area contributed by atoms with Gasteiger partial charge in [-0.15, -0.1) is 0 Å². The monoisotopic (exact) mass is 287 g/mol. The number of hydrogen-bond donors (Lipinski definition) is 1. The summed E-state index contributed by atoms with van der Waals surface area (Å²) in [6.45, 7) is 5.77. The zero-order chi connectivity index (χ0) is 12.8. The van der Waals surface area contributed by atoms with Crippen molar-refractivity contribution in [2.24, 2.45) is 11.8 Å². The van der Waals surface area contributed by atoms with Crippen LogP contribution in [0.15, 0.2) is 0 Å². The van der Waals surface area contributed by atoms with E-state index in [0.717, 1.165) is 29.7 Å². The van der Waals surface area contributed by atoms with Crippen LogP contribution < -0.4 is 5.32 Å². The molecule has 0 bridgehead atoms. The molecule has 18 heavy (non-hydrogen) atoms. The first-order valence-corrected chi connectivity index (χ1v) is 9.98. The van der Waals surface area contributed by atoms with Crippen LogP contribution >= 0.6 is 23.5 Å². The second-order valence-electron chi connectivity index (χ2n) is 5.76. The van der Waals surface area contributed by atoms with E-state index in [9.17, 15) is 0 Å². The van der Waals surface area contributed by atoms with Crippen LogP contribution in [0.1, 0.15) is 46.0 Å². The molecular formula is C15H29NS2. The van der Waals surface area contributed by atoms with E-state index in [-0.39, 0.29) is 0 Å². The summed E-state index contributed by atoms with van der Waals surface area (Å²) in [7, 11) is 0. The Labute approximate surface area is 122 Å². The van der Waals surface area contributed by atoms with Gasteiger partial charge in [0, 0.05) is 28.6 Å². The predicted molar refractivity (Wildman–Crippen MR) is 86.8 cm³/mol. The molecule has 0 amide bonds. The number of hydrogen-bond acceptors (Lipinski definition) is 3. The van der Waals surface area contributed by atoms with Crippen LogP contribution in [0.3, 0.4) is 0 Å². The minimum atomic E-state index is 0.783. The van der Waals surface area contributed by atoms with Crippen molar-refractivity contribution in [1.29, 1.82) is 0 Å². The van der Waals surface area contributed by atoms with Gasteiger partial charge in [0.1, 0.15) is 0 Å². The van der Waals surface area contributed by atoms with E-state index in [2.05, 4.69) is 42.7 Å². The second-order valence-corrected chi connectivity index (χ2v) is 8.25. The first-order valence-electron chi connectivity index (χ1n) is 7.77. The van der Waals surface area contributed by atoms with E-state index >= 15 is 0 Å². The third-order valence-corrected chi connectivity index (χ3v) is 7.54. The average Bonchev–Trinajstić information content (AvgIpc) is 2.46. The molecule has 0 radical (unpaired) electrons. The molecule has 0 aromatic carbocycles. The van der Waals surface area contributed by atoms with Crippen molar-refractivity contribution in [3.05, 3.63) is 0 Å². The van der Waals surface area contributed by atoms with E-state index in [1.165, 1.54) is 49.4 Å². The molecule has 0 aromatic rings. The van der Waals surface area contributed by atoms with Gasteiger partial charge in [-0.25, -0.2) is 0 Å². The maximum atomic E-state index is 3.82. The van der Waals surface area contributed by atoms with Gasteiger partial charge in [-0.3, -0.25) is 0 Å². The Morgan fingerprint density at radius 1 is 1.11 bits per heavy atom. The number of thioether (sulfide) groups is 2. The van der Waals surface area contributed by atoms with Crippen molar-refractivity contribution >= 4 is 23.5 Å². The van der Waals surface area contributed by atoms with E-state index in [1.807, 2.05) is 0 Å². The quantitative estimate of drug-likeness (QED) is 0.820. The van der Waals surface area contributed by atoms with Gasteiger partial charge in [0.2, 0.25) is 0 Å².